The van der Waals surface area contributed by atoms with Crippen LogP contribution in [0.2, 0.25) is 0 Å². The fourth-order valence-electron chi connectivity index (χ4n) is 1.62. The Morgan fingerprint density at radius 1 is 1.33 bits per heavy atom. The summed E-state index contributed by atoms with van der Waals surface area (Å²) in [5, 5.41) is 6.39. The van der Waals surface area contributed by atoms with Gasteiger partial charge in [0.1, 0.15) is 0 Å². The molecule has 5 nitrogen and oxygen atoms in total. The van der Waals surface area contributed by atoms with Crippen molar-refractivity contribution in [2.45, 2.75) is 13.8 Å². The molecule has 2 N–H and O–H groups in total. The Kier molecular flexibility index (Phi) is 10.5. The van der Waals surface area contributed by atoms with Crippen LogP contribution >= 0.6 is 24.0 Å². The molecule has 0 heterocycles. The molecule has 0 amide bonds. The number of nitrogens with zero attached hydrogens (tertiary/aromatic N) is 1. The zero-order valence-electron chi connectivity index (χ0n) is 12.8. The second kappa shape index (κ2) is 11.2. The molecule has 0 radical (unpaired) electrons. The van der Waals surface area contributed by atoms with Crippen molar-refractivity contribution in [3.63, 3.8) is 0 Å². The Morgan fingerprint density at radius 3 is 2.67 bits per heavy atom. The number of hydrogen-bond acceptors (Lipinski definition) is 3. The number of nitrogens with one attached hydrogen (secondary N) is 2. The number of benzene rings is 1. The molecule has 0 unspecified atom stereocenters. The Hall–Kier alpha value is -1.44. The maximum atomic E-state index is 5.55. The van der Waals surface area contributed by atoms with E-state index in [2.05, 4.69) is 22.2 Å². The molecule has 0 fully saturated rings. The molecule has 0 aliphatic carbocycles. The Bertz CT molecular complexity index is 464. The summed E-state index contributed by atoms with van der Waals surface area (Å²) in [4.78, 5) is 4.35. The van der Waals surface area contributed by atoms with Gasteiger partial charge in [-0.25, -0.2) is 4.99 Å². The van der Waals surface area contributed by atoms with E-state index in [1.165, 1.54) is 0 Å². The summed E-state index contributed by atoms with van der Waals surface area (Å²) in [6, 6.07) is 5.68. The predicted octanol–water partition coefficient (Wildman–Crippen LogP) is 3.28. The van der Waals surface area contributed by atoms with Crippen LogP contribution in [0.1, 0.15) is 13.8 Å². The fourth-order valence-corrected chi connectivity index (χ4v) is 1.62. The number of halogens is 1. The SMILES string of the molecule is C=CCN=C(NCC)Nc1ccc(OC)c(OCC)c1.I. The molecule has 0 aromatic heterocycles. The zero-order chi connectivity index (χ0) is 14.8. The number of ether oxygens (including phenoxy) is 2. The van der Waals surface area contributed by atoms with Crippen LogP contribution in [-0.2, 0) is 0 Å². The third-order valence-electron chi connectivity index (χ3n) is 2.45. The number of guanidine groups is 1. The molecular weight excluding hydrogens is 381 g/mol. The van der Waals surface area contributed by atoms with E-state index in [0.717, 1.165) is 12.2 Å². The number of hydrogen-bond donors (Lipinski definition) is 2. The Morgan fingerprint density at radius 2 is 2.10 bits per heavy atom. The van der Waals surface area contributed by atoms with Gasteiger partial charge in [-0.3, -0.25) is 0 Å². The Labute approximate surface area is 143 Å². The third-order valence-corrected chi connectivity index (χ3v) is 2.45. The van der Waals surface area contributed by atoms with Crippen molar-refractivity contribution < 1.29 is 9.47 Å². The van der Waals surface area contributed by atoms with E-state index in [0.29, 0.717) is 30.6 Å². The molecule has 0 spiro atoms. The minimum absolute atomic E-state index is 0. The van der Waals surface area contributed by atoms with Crippen molar-refractivity contribution in [1.29, 1.82) is 0 Å². The van der Waals surface area contributed by atoms with Crippen LogP contribution in [0, 0.1) is 0 Å². The standard InChI is InChI=1S/C15H23N3O2.HI/c1-5-10-17-15(16-6-2)18-12-8-9-13(19-4)14(11-12)20-7-3;/h5,8-9,11H,1,6-7,10H2,2-4H3,(H2,16,17,18);1H. The maximum Gasteiger partial charge on any atom is 0.196 e. The van der Waals surface area contributed by atoms with Crippen LogP contribution in [0.25, 0.3) is 0 Å². The van der Waals surface area contributed by atoms with Gasteiger partial charge in [-0.1, -0.05) is 6.08 Å². The van der Waals surface area contributed by atoms with E-state index in [4.69, 9.17) is 9.47 Å². The minimum Gasteiger partial charge on any atom is -0.493 e. The number of aliphatic imine (C=N–C) groups is 1. The van der Waals surface area contributed by atoms with Crippen LogP contribution in [0.4, 0.5) is 5.69 Å². The summed E-state index contributed by atoms with van der Waals surface area (Å²) in [5.74, 6) is 2.13. The monoisotopic (exact) mass is 405 g/mol. The first kappa shape index (κ1) is 19.6. The lowest BCUT2D eigenvalue weighted by atomic mass is 10.2. The van der Waals surface area contributed by atoms with Gasteiger partial charge in [0.05, 0.1) is 20.3 Å². The number of anilines is 1. The van der Waals surface area contributed by atoms with Crippen molar-refractivity contribution in [1.82, 2.24) is 5.32 Å². The normalized spacial score (nSPS) is 10.3. The Balaban J connectivity index is 0.00000400. The molecule has 1 aromatic carbocycles. The second-order valence-electron chi connectivity index (χ2n) is 3.93. The van der Waals surface area contributed by atoms with Crippen molar-refractivity contribution in [2.75, 3.05) is 32.1 Å². The third kappa shape index (κ3) is 6.70. The molecule has 0 saturated heterocycles. The van der Waals surface area contributed by atoms with E-state index < -0.39 is 0 Å². The molecule has 1 aromatic rings. The first-order chi connectivity index (χ1) is 9.74. The minimum atomic E-state index is 0. The van der Waals surface area contributed by atoms with E-state index in [-0.39, 0.29) is 24.0 Å². The van der Waals surface area contributed by atoms with Crippen molar-refractivity contribution in [2.24, 2.45) is 4.99 Å². The molecule has 0 atom stereocenters. The van der Waals surface area contributed by atoms with Crippen LogP contribution in [0.15, 0.2) is 35.8 Å². The second-order valence-corrected chi connectivity index (χ2v) is 3.93. The summed E-state index contributed by atoms with van der Waals surface area (Å²) in [6.07, 6.45) is 1.75. The van der Waals surface area contributed by atoms with Gasteiger partial charge >= 0.3 is 0 Å². The lowest BCUT2D eigenvalue weighted by Gasteiger charge is -2.14. The van der Waals surface area contributed by atoms with Gasteiger partial charge in [-0.15, -0.1) is 30.6 Å². The van der Waals surface area contributed by atoms with Gasteiger partial charge in [0.15, 0.2) is 17.5 Å². The molecule has 0 aliphatic rings. The van der Waals surface area contributed by atoms with Crippen LogP contribution in [0.3, 0.4) is 0 Å². The number of methoxy groups -OCH3 is 1. The molecule has 118 valence electrons. The van der Waals surface area contributed by atoms with Gasteiger partial charge in [0, 0.05) is 18.3 Å². The lowest BCUT2D eigenvalue weighted by Crippen LogP contribution is -2.30. The highest BCUT2D eigenvalue weighted by Gasteiger charge is 2.06. The van der Waals surface area contributed by atoms with Crippen molar-refractivity contribution in [3.05, 3.63) is 30.9 Å². The average Bonchev–Trinajstić information content (AvgIpc) is 2.46. The van der Waals surface area contributed by atoms with E-state index in [1.807, 2.05) is 32.0 Å². The van der Waals surface area contributed by atoms with Crippen molar-refractivity contribution >= 4 is 35.6 Å². The highest BCUT2D eigenvalue weighted by molar-refractivity contribution is 14.0. The zero-order valence-corrected chi connectivity index (χ0v) is 15.1. The molecule has 6 heteroatoms. The van der Waals surface area contributed by atoms with Gasteiger partial charge in [0.25, 0.3) is 0 Å². The quantitative estimate of drug-likeness (QED) is 0.317. The van der Waals surface area contributed by atoms with E-state index >= 15 is 0 Å². The highest BCUT2D eigenvalue weighted by Crippen LogP contribution is 2.30. The first-order valence-electron chi connectivity index (χ1n) is 6.72. The molecule has 21 heavy (non-hydrogen) atoms. The van der Waals surface area contributed by atoms with E-state index in [1.54, 1.807) is 13.2 Å². The predicted molar refractivity (Wildman–Crippen MR) is 99.4 cm³/mol. The topological polar surface area (TPSA) is 54.9 Å². The first-order valence-corrected chi connectivity index (χ1v) is 6.72. The smallest absolute Gasteiger partial charge is 0.196 e. The molecule has 0 aliphatic heterocycles. The fraction of sp³-hybridized carbons (Fsp3) is 0.400. The van der Waals surface area contributed by atoms with Gasteiger partial charge in [-0.2, -0.15) is 0 Å². The highest BCUT2D eigenvalue weighted by atomic mass is 127. The van der Waals surface area contributed by atoms with Gasteiger partial charge in [-0.05, 0) is 26.0 Å². The molecule has 1 rings (SSSR count). The van der Waals surface area contributed by atoms with Gasteiger partial charge in [0.2, 0.25) is 0 Å². The van der Waals surface area contributed by atoms with Gasteiger partial charge < -0.3 is 20.1 Å². The molecular formula is C15H24IN3O2. The van der Waals surface area contributed by atoms with E-state index in [9.17, 15) is 0 Å². The summed E-state index contributed by atoms with van der Waals surface area (Å²) < 4.78 is 10.8. The average molecular weight is 405 g/mol. The summed E-state index contributed by atoms with van der Waals surface area (Å²) in [7, 11) is 1.63. The van der Waals surface area contributed by atoms with Crippen LogP contribution in [-0.4, -0.2) is 32.8 Å². The lowest BCUT2D eigenvalue weighted by molar-refractivity contribution is 0.311. The largest absolute Gasteiger partial charge is 0.493 e. The van der Waals surface area contributed by atoms with Crippen molar-refractivity contribution in [3.8, 4) is 11.5 Å². The molecule has 0 saturated carbocycles. The summed E-state index contributed by atoms with van der Waals surface area (Å²) in [5.41, 5.74) is 0.887. The summed E-state index contributed by atoms with van der Waals surface area (Å²) >= 11 is 0. The summed E-state index contributed by atoms with van der Waals surface area (Å²) in [6.45, 7) is 9.56. The maximum absolute atomic E-state index is 5.55. The number of rotatable bonds is 7. The van der Waals surface area contributed by atoms with Crippen LogP contribution in [0.5, 0.6) is 11.5 Å². The molecule has 0 bridgehead atoms. The van der Waals surface area contributed by atoms with Crippen LogP contribution < -0.4 is 20.1 Å².